The summed E-state index contributed by atoms with van der Waals surface area (Å²) in [5.41, 5.74) is 1.09. The van der Waals surface area contributed by atoms with Gasteiger partial charge in [-0.15, -0.1) is 0 Å². The Morgan fingerprint density at radius 2 is 1.88 bits per heavy atom. The zero-order valence-corrected chi connectivity index (χ0v) is 22.1. The summed E-state index contributed by atoms with van der Waals surface area (Å²) in [5.74, 6) is 5.03. The van der Waals surface area contributed by atoms with Crippen LogP contribution < -0.4 is 0 Å². The zero-order valence-electron chi connectivity index (χ0n) is 22.1. The SMILES string of the molecule is COC[C@@]1(C)CC[C@H]2[C@H](CC[C@@H]3[C@@H]2CC[C@@]2(C)[C@H]3CC[C@@H]2[C@@](C)(Cn2cc(C#N)cn2)OC)C1. The van der Waals surface area contributed by atoms with Crippen LogP contribution in [0.4, 0.5) is 0 Å². The van der Waals surface area contributed by atoms with Gasteiger partial charge in [0.05, 0.1) is 30.5 Å². The molecule has 4 aliphatic carbocycles. The van der Waals surface area contributed by atoms with Crippen molar-refractivity contribution in [3.8, 4) is 6.07 Å². The second-order valence-corrected chi connectivity index (χ2v) is 13.2. The number of rotatable bonds is 6. The Morgan fingerprint density at radius 1 is 1.09 bits per heavy atom. The van der Waals surface area contributed by atoms with E-state index >= 15 is 0 Å². The molecule has 0 N–H and O–H groups in total. The summed E-state index contributed by atoms with van der Waals surface area (Å²) in [4.78, 5) is 0. The normalized spacial score (nSPS) is 43.3. The fourth-order valence-corrected chi connectivity index (χ4v) is 9.82. The minimum Gasteiger partial charge on any atom is -0.384 e. The molecule has 0 spiro atoms. The van der Waals surface area contributed by atoms with E-state index in [4.69, 9.17) is 9.47 Å². The molecule has 0 radical (unpaired) electrons. The van der Waals surface area contributed by atoms with Gasteiger partial charge in [-0.2, -0.15) is 10.4 Å². The van der Waals surface area contributed by atoms with E-state index in [2.05, 4.69) is 31.9 Å². The van der Waals surface area contributed by atoms with Crippen molar-refractivity contribution in [1.82, 2.24) is 9.78 Å². The van der Waals surface area contributed by atoms with Gasteiger partial charge in [-0.3, -0.25) is 4.68 Å². The van der Waals surface area contributed by atoms with Crippen molar-refractivity contribution in [2.45, 2.75) is 90.7 Å². The molecule has 0 aromatic carbocycles. The molecule has 188 valence electrons. The molecule has 4 aliphatic rings. The number of fused-ring (bicyclic) bond motifs is 5. The van der Waals surface area contributed by atoms with Crippen molar-refractivity contribution < 1.29 is 9.47 Å². The summed E-state index contributed by atoms with van der Waals surface area (Å²) in [6.45, 7) is 8.99. The summed E-state index contributed by atoms with van der Waals surface area (Å²) in [5, 5.41) is 13.7. The van der Waals surface area contributed by atoms with E-state index in [0.29, 0.717) is 22.3 Å². The minimum absolute atomic E-state index is 0.265. The van der Waals surface area contributed by atoms with Gasteiger partial charge >= 0.3 is 0 Å². The Bertz CT molecular complexity index is 923. The molecule has 5 heteroatoms. The van der Waals surface area contributed by atoms with Crippen molar-refractivity contribution in [3.63, 3.8) is 0 Å². The maximum absolute atomic E-state index is 9.22. The van der Waals surface area contributed by atoms with Crippen LogP contribution >= 0.6 is 0 Å². The fourth-order valence-electron chi connectivity index (χ4n) is 9.82. The average Bonchev–Trinajstić information content (AvgIpc) is 3.42. The molecule has 0 unspecified atom stereocenters. The highest BCUT2D eigenvalue weighted by atomic mass is 16.5. The van der Waals surface area contributed by atoms with Gasteiger partial charge in [0.15, 0.2) is 0 Å². The first kappa shape index (κ1) is 24.3. The molecule has 5 nitrogen and oxygen atoms in total. The van der Waals surface area contributed by atoms with Crippen molar-refractivity contribution >= 4 is 0 Å². The van der Waals surface area contributed by atoms with Crippen LogP contribution in [0.2, 0.25) is 0 Å². The quantitative estimate of drug-likeness (QED) is 0.508. The van der Waals surface area contributed by atoms with Crippen LogP contribution in [0.3, 0.4) is 0 Å². The molecular formula is C29H45N3O2. The molecule has 1 heterocycles. The number of ether oxygens (including phenoxy) is 2. The van der Waals surface area contributed by atoms with E-state index in [0.717, 1.165) is 42.7 Å². The summed E-state index contributed by atoms with van der Waals surface area (Å²) in [6, 6.07) is 2.21. The second kappa shape index (κ2) is 8.93. The molecule has 0 amide bonds. The van der Waals surface area contributed by atoms with Gasteiger partial charge in [-0.1, -0.05) is 13.8 Å². The standard InChI is InChI=1S/C29H45N3O2/c1-27(19-33-4)12-10-22-21(14-27)6-7-24-23(22)11-13-28(2)25(24)8-9-26(28)29(3,34-5)18-32-17-20(15-30)16-31-32/h16-17,21-26H,6-14,18-19H2,1-5H3/t21-,22+,23-,24-,25+,26+,27+,28+,29-/m1/s1. The first-order chi connectivity index (χ1) is 16.2. The molecule has 0 saturated heterocycles. The van der Waals surface area contributed by atoms with E-state index < -0.39 is 0 Å². The molecule has 5 rings (SSSR count). The Labute approximate surface area is 206 Å². The summed E-state index contributed by atoms with van der Waals surface area (Å²) < 4.78 is 13.8. The molecule has 4 saturated carbocycles. The highest BCUT2D eigenvalue weighted by molar-refractivity contribution is 5.22. The smallest absolute Gasteiger partial charge is 0.102 e. The summed E-state index contributed by atoms with van der Waals surface area (Å²) in [7, 11) is 3.75. The molecule has 0 aliphatic heterocycles. The van der Waals surface area contributed by atoms with Crippen molar-refractivity contribution in [3.05, 3.63) is 18.0 Å². The van der Waals surface area contributed by atoms with E-state index in [-0.39, 0.29) is 5.60 Å². The Balaban J connectivity index is 1.33. The lowest BCUT2D eigenvalue weighted by Crippen LogP contribution is -2.53. The van der Waals surface area contributed by atoms with Crippen LogP contribution in [0.25, 0.3) is 0 Å². The topological polar surface area (TPSA) is 60.1 Å². The third-order valence-corrected chi connectivity index (χ3v) is 11.3. The van der Waals surface area contributed by atoms with E-state index in [1.807, 2.05) is 25.1 Å². The Hall–Kier alpha value is -1.38. The lowest BCUT2D eigenvalue weighted by atomic mass is 9.47. The van der Waals surface area contributed by atoms with Gasteiger partial charge in [0.25, 0.3) is 0 Å². The van der Waals surface area contributed by atoms with Crippen LogP contribution in [-0.2, 0) is 16.0 Å². The number of nitriles is 1. The van der Waals surface area contributed by atoms with Gasteiger partial charge in [-0.25, -0.2) is 0 Å². The molecule has 1 aromatic heterocycles. The molecule has 34 heavy (non-hydrogen) atoms. The second-order valence-electron chi connectivity index (χ2n) is 13.2. The van der Waals surface area contributed by atoms with Crippen molar-refractivity contribution in [1.29, 1.82) is 5.26 Å². The predicted molar refractivity (Wildman–Crippen MR) is 133 cm³/mol. The zero-order chi connectivity index (χ0) is 24.1. The molecule has 9 atom stereocenters. The fraction of sp³-hybridized carbons (Fsp3) is 0.862. The first-order valence-corrected chi connectivity index (χ1v) is 13.7. The first-order valence-electron chi connectivity index (χ1n) is 13.7. The van der Waals surface area contributed by atoms with Crippen molar-refractivity contribution in [2.24, 2.45) is 46.3 Å². The number of aromatic nitrogens is 2. The number of nitrogens with zero attached hydrogens (tertiary/aromatic N) is 3. The van der Waals surface area contributed by atoms with Gasteiger partial charge in [0, 0.05) is 20.4 Å². The van der Waals surface area contributed by atoms with Gasteiger partial charge in [0.1, 0.15) is 6.07 Å². The highest BCUT2D eigenvalue weighted by Crippen LogP contribution is 2.66. The molecule has 4 fully saturated rings. The number of methoxy groups -OCH3 is 2. The molecule has 0 bridgehead atoms. The van der Waals surface area contributed by atoms with Crippen LogP contribution in [0.5, 0.6) is 0 Å². The maximum atomic E-state index is 9.22. The van der Waals surface area contributed by atoms with Gasteiger partial charge < -0.3 is 9.47 Å². The van der Waals surface area contributed by atoms with E-state index in [1.54, 1.807) is 6.20 Å². The van der Waals surface area contributed by atoms with Crippen LogP contribution in [-0.4, -0.2) is 36.2 Å². The lowest BCUT2D eigenvalue weighted by molar-refractivity contribution is -0.133. The summed E-state index contributed by atoms with van der Waals surface area (Å²) >= 11 is 0. The number of hydrogen-bond acceptors (Lipinski definition) is 4. The molecule has 1 aromatic rings. The average molecular weight is 468 g/mol. The van der Waals surface area contributed by atoms with Crippen molar-refractivity contribution in [2.75, 3.05) is 20.8 Å². The van der Waals surface area contributed by atoms with Gasteiger partial charge in [-0.05, 0) is 111 Å². The molecular weight excluding hydrogens is 422 g/mol. The van der Waals surface area contributed by atoms with E-state index in [1.165, 1.54) is 57.8 Å². The predicted octanol–water partition coefficient (Wildman–Crippen LogP) is 6.08. The Kier molecular flexibility index (Phi) is 6.39. The third kappa shape index (κ3) is 3.94. The monoisotopic (exact) mass is 467 g/mol. The maximum Gasteiger partial charge on any atom is 0.102 e. The highest BCUT2D eigenvalue weighted by Gasteiger charge is 2.61. The summed E-state index contributed by atoms with van der Waals surface area (Å²) in [6.07, 6.45) is 15.8. The van der Waals surface area contributed by atoms with Gasteiger partial charge in [0.2, 0.25) is 0 Å². The number of hydrogen-bond donors (Lipinski definition) is 0. The lowest BCUT2D eigenvalue weighted by Gasteiger charge is -2.58. The minimum atomic E-state index is -0.265. The van der Waals surface area contributed by atoms with E-state index in [9.17, 15) is 5.26 Å². The van der Waals surface area contributed by atoms with Crippen LogP contribution in [0.15, 0.2) is 12.4 Å². The van der Waals surface area contributed by atoms with Crippen LogP contribution in [0.1, 0.15) is 84.1 Å². The third-order valence-electron chi connectivity index (χ3n) is 11.3. The largest absolute Gasteiger partial charge is 0.384 e. The van der Waals surface area contributed by atoms with Crippen LogP contribution in [0, 0.1) is 57.7 Å². The Morgan fingerprint density at radius 3 is 2.59 bits per heavy atom.